The Kier molecular flexibility index (Phi) is 3.71. The van der Waals surface area contributed by atoms with E-state index in [1.807, 2.05) is 37.0 Å². The van der Waals surface area contributed by atoms with Crippen LogP contribution in [-0.4, -0.2) is 17.0 Å². The molecule has 0 bridgehead atoms. The molecule has 0 radical (unpaired) electrons. The summed E-state index contributed by atoms with van der Waals surface area (Å²) in [6, 6.07) is 3.92. The molecule has 2 N–H and O–H groups in total. The number of thiazole rings is 1. The summed E-state index contributed by atoms with van der Waals surface area (Å²) in [4.78, 5) is 10.8. The quantitative estimate of drug-likeness (QED) is 0.901. The maximum absolute atomic E-state index is 5.95. The number of nitrogens with zero attached hydrogens (tertiary/aromatic N) is 3. The van der Waals surface area contributed by atoms with Crippen molar-refractivity contribution in [2.24, 2.45) is 5.73 Å². The van der Waals surface area contributed by atoms with Crippen LogP contribution in [0.2, 0.25) is 0 Å². The van der Waals surface area contributed by atoms with E-state index < -0.39 is 0 Å². The lowest BCUT2D eigenvalue weighted by atomic mass is 10.1. The van der Waals surface area contributed by atoms with E-state index >= 15 is 0 Å². The topological polar surface area (TPSA) is 55.0 Å². The minimum Gasteiger partial charge on any atom is -0.353 e. The van der Waals surface area contributed by atoms with Gasteiger partial charge in [-0.1, -0.05) is 6.07 Å². The average molecular weight is 248 g/mol. The molecule has 0 spiro atoms. The molecule has 0 unspecified atom stereocenters. The van der Waals surface area contributed by atoms with Crippen molar-refractivity contribution in [1.29, 1.82) is 0 Å². The highest BCUT2D eigenvalue weighted by molar-refractivity contribution is 7.07. The van der Waals surface area contributed by atoms with Gasteiger partial charge in [-0.3, -0.25) is 0 Å². The van der Waals surface area contributed by atoms with Crippen molar-refractivity contribution in [3.63, 3.8) is 0 Å². The minimum atomic E-state index is -0.0171. The lowest BCUT2D eigenvalue weighted by Crippen LogP contribution is -2.21. The maximum Gasteiger partial charge on any atom is 0.133 e. The van der Waals surface area contributed by atoms with Crippen molar-refractivity contribution < 1.29 is 0 Å². The second-order valence-electron chi connectivity index (χ2n) is 4.04. The SMILES string of the molecule is C[C@H](N)c1cccnc1N(C)Cc1cscn1. The molecular formula is C12H16N4S. The molecule has 17 heavy (non-hydrogen) atoms. The maximum atomic E-state index is 5.95. The summed E-state index contributed by atoms with van der Waals surface area (Å²) in [6.45, 7) is 2.72. The van der Waals surface area contributed by atoms with Crippen molar-refractivity contribution in [3.8, 4) is 0 Å². The normalized spacial score (nSPS) is 12.4. The molecule has 0 fully saturated rings. The van der Waals surface area contributed by atoms with Crippen molar-refractivity contribution in [1.82, 2.24) is 9.97 Å². The van der Waals surface area contributed by atoms with Crippen LogP contribution in [0.5, 0.6) is 0 Å². The van der Waals surface area contributed by atoms with Gasteiger partial charge in [0.1, 0.15) is 5.82 Å². The Morgan fingerprint density at radius 2 is 2.29 bits per heavy atom. The molecule has 0 saturated heterocycles. The Morgan fingerprint density at radius 1 is 1.47 bits per heavy atom. The van der Waals surface area contributed by atoms with Gasteiger partial charge in [0.25, 0.3) is 0 Å². The number of aromatic nitrogens is 2. The molecule has 0 aliphatic heterocycles. The van der Waals surface area contributed by atoms with Crippen LogP contribution in [0, 0.1) is 0 Å². The van der Waals surface area contributed by atoms with Gasteiger partial charge in [-0.15, -0.1) is 11.3 Å². The van der Waals surface area contributed by atoms with Gasteiger partial charge in [0.15, 0.2) is 0 Å². The Hall–Kier alpha value is -1.46. The van der Waals surface area contributed by atoms with Crippen LogP contribution in [0.25, 0.3) is 0 Å². The highest BCUT2D eigenvalue weighted by Gasteiger charge is 2.12. The standard InChI is InChI=1S/C12H16N4S/c1-9(13)11-4-3-5-14-12(11)16(2)6-10-7-17-8-15-10/h3-5,7-9H,6,13H2,1-2H3/t9-/m0/s1. The summed E-state index contributed by atoms with van der Waals surface area (Å²) in [6.07, 6.45) is 1.79. The average Bonchev–Trinajstić information content (AvgIpc) is 2.81. The van der Waals surface area contributed by atoms with E-state index in [9.17, 15) is 0 Å². The third-order valence-corrected chi connectivity index (χ3v) is 3.19. The van der Waals surface area contributed by atoms with Gasteiger partial charge in [-0.25, -0.2) is 9.97 Å². The minimum absolute atomic E-state index is 0.0171. The zero-order chi connectivity index (χ0) is 12.3. The number of hydrogen-bond acceptors (Lipinski definition) is 5. The first-order valence-electron chi connectivity index (χ1n) is 5.47. The van der Waals surface area contributed by atoms with Gasteiger partial charge in [-0.2, -0.15) is 0 Å². The van der Waals surface area contributed by atoms with Crippen molar-refractivity contribution >= 4 is 17.2 Å². The van der Waals surface area contributed by atoms with Gasteiger partial charge in [0.2, 0.25) is 0 Å². The van der Waals surface area contributed by atoms with E-state index in [0.29, 0.717) is 0 Å². The summed E-state index contributed by atoms with van der Waals surface area (Å²) in [5, 5.41) is 2.05. The van der Waals surface area contributed by atoms with Crippen LogP contribution in [-0.2, 0) is 6.54 Å². The van der Waals surface area contributed by atoms with Crippen LogP contribution >= 0.6 is 11.3 Å². The number of anilines is 1. The predicted octanol–water partition coefficient (Wildman–Crippen LogP) is 2.19. The molecule has 0 aromatic carbocycles. The molecule has 5 heteroatoms. The molecule has 0 saturated carbocycles. The third kappa shape index (κ3) is 2.81. The van der Waals surface area contributed by atoms with Crippen LogP contribution in [0.15, 0.2) is 29.2 Å². The van der Waals surface area contributed by atoms with E-state index in [0.717, 1.165) is 23.6 Å². The van der Waals surface area contributed by atoms with E-state index in [-0.39, 0.29) is 6.04 Å². The van der Waals surface area contributed by atoms with Gasteiger partial charge >= 0.3 is 0 Å². The van der Waals surface area contributed by atoms with E-state index in [1.165, 1.54) is 0 Å². The van der Waals surface area contributed by atoms with Crippen LogP contribution in [0.3, 0.4) is 0 Å². The summed E-state index contributed by atoms with van der Waals surface area (Å²) in [7, 11) is 2.01. The fourth-order valence-electron chi connectivity index (χ4n) is 1.72. The predicted molar refractivity (Wildman–Crippen MR) is 71.1 cm³/mol. The molecule has 0 aliphatic carbocycles. The Morgan fingerprint density at radius 3 is 2.94 bits per heavy atom. The third-order valence-electron chi connectivity index (χ3n) is 2.55. The van der Waals surface area contributed by atoms with Gasteiger partial charge in [-0.05, 0) is 13.0 Å². The fraction of sp³-hybridized carbons (Fsp3) is 0.333. The summed E-state index contributed by atoms with van der Waals surface area (Å²) < 4.78 is 0. The van der Waals surface area contributed by atoms with Crippen LogP contribution in [0.4, 0.5) is 5.82 Å². The van der Waals surface area contributed by atoms with E-state index in [1.54, 1.807) is 17.5 Å². The highest BCUT2D eigenvalue weighted by atomic mass is 32.1. The van der Waals surface area contributed by atoms with E-state index in [2.05, 4.69) is 14.9 Å². The second-order valence-corrected chi connectivity index (χ2v) is 4.76. The zero-order valence-corrected chi connectivity index (χ0v) is 10.8. The molecule has 1 atom stereocenters. The van der Waals surface area contributed by atoms with Crippen LogP contribution < -0.4 is 10.6 Å². The Labute approximate surface area is 105 Å². The smallest absolute Gasteiger partial charge is 0.133 e. The van der Waals surface area contributed by atoms with Gasteiger partial charge < -0.3 is 10.6 Å². The molecule has 2 aromatic rings. The zero-order valence-electron chi connectivity index (χ0n) is 10.00. The van der Waals surface area contributed by atoms with E-state index in [4.69, 9.17) is 5.73 Å². The summed E-state index contributed by atoms with van der Waals surface area (Å²) >= 11 is 1.60. The molecule has 2 heterocycles. The first-order chi connectivity index (χ1) is 8.18. The van der Waals surface area contributed by atoms with Crippen molar-refractivity contribution in [3.05, 3.63) is 40.5 Å². The number of pyridine rings is 1. The molecule has 0 aliphatic rings. The van der Waals surface area contributed by atoms with Gasteiger partial charge in [0, 0.05) is 30.2 Å². The molecule has 2 rings (SSSR count). The first-order valence-corrected chi connectivity index (χ1v) is 6.41. The fourth-order valence-corrected chi connectivity index (χ4v) is 2.27. The highest BCUT2D eigenvalue weighted by Crippen LogP contribution is 2.22. The Balaban J connectivity index is 2.21. The van der Waals surface area contributed by atoms with Crippen molar-refractivity contribution in [2.75, 3.05) is 11.9 Å². The summed E-state index contributed by atoms with van der Waals surface area (Å²) in [5.41, 5.74) is 9.90. The number of nitrogens with two attached hydrogens (primary N) is 1. The molecule has 4 nitrogen and oxygen atoms in total. The van der Waals surface area contributed by atoms with Crippen molar-refractivity contribution in [2.45, 2.75) is 19.5 Å². The Bertz CT molecular complexity index is 467. The number of hydrogen-bond donors (Lipinski definition) is 1. The molecular weight excluding hydrogens is 232 g/mol. The monoisotopic (exact) mass is 248 g/mol. The lowest BCUT2D eigenvalue weighted by molar-refractivity contribution is 0.785. The molecule has 0 amide bonds. The van der Waals surface area contributed by atoms with Gasteiger partial charge in [0.05, 0.1) is 17.7 Å². The first kappa shape index (κ1) is 12.0. The summed E-state index contributed by atoms with van der Waals surface area (Å²) in [5.74, 6) is 0.926. The largest absolute Gasteiger partial charge is 0.353 e. The lowest BCUT2D eigenvalue weighted by Gasteiger charge is -2.21. The second kappa shape index (κ2) is 5.25. The molecule has 90 valence electrons. The molecule has 2 aromatic heterocycles. The van der Waals surface area contributed by atoms with Crippen LogP contribution in [0.1, 0.15) is 24.2 Å². The number of rotatable bonds is 4.